The van der Waals surface area contributed by atoms with Crippen molar-refractivity contribution in [3.05, 3.63) is 11.1 Å². The summed E-state index contributed by atoms with van der Waals surface area (Å²) in [5.41, 5.74) is 1.49. The minimum atomic E-state index is -0.268. The highest BCUT2D eigenvalue weighted by atomic mass is 16.5. The Bertz CT molecular complexity index is 292. The molecule has 1 aliphatic heterocycles. The largest absolute Gasteiger partial charge is 0.380 e. The highest BCUT2D eigenvalue weighted by molar-refractivity contribution is 6.13. The fourth-order valence-corrected chi connectivity index (χ4v) is 1.50. The van der Waals surface area contributed by atoms with Crippen LogP contribution in [0.1, 0.15) is 20.3 Å². The normalized spacial score (nSPS) is 20.3. The van der Waals surface area contributed by atoms with E-state index >= 15 is 0 Å². The summed E-state index contributed by atoms with van der Waals surface area (Å²) >= 11 is 0. The van der Waals surface area contributed by atoms with Crippen molar-refractivity contribution in [2.24, 2.45) is 5.92 Å². The lowest BCUT2D eigenvalue weighted by atomic mass is 9.97. The molecule has 0 spiro atoms. The van der Waals surface area contributed by atoms with Crippen LogP contribution in [0, 0.1) is 5.92 Å². The van der Waals surface area contributed by atoms with E-state index in [4.69, 9.17) is 4.74 Å². The van der Waals surface area contributed by atoms with Gasteiger partial charge in [-0.2, -0.15) is 0 Å². The number of carbonyl (C=O) groups excluding carboxylic acids is 2. The number of nitrogens with one attached hydrogen (secondary N) is 1. The Balaban J connectivity index is 2.97. The highest BCUT2D eigenvalue weighted by Crippen LogP contribution is 2.21. The summed E-state index contributed by atoms with van der Waals surface area (Å²) in [5, 5.41) is 2.27. The molecule has 0 unspecified atom stereocenters. The van der Waals surface area contributed by atoms with Gasteiger partial charge in [0.2, 0.25) is 5.91 Å². The van der Waals surface area contributed by atoms with Gasteiger partial charge in [-0.05, 0) is 11.5 Å². The second kappa shape index (κ2) is 4.37. The smallest absolute Gasteiger partial charge is 0.254 e. The Morgan fingerprint density at radius 1 is 1.50 bits per heavy atom. The Kier molecular flexibility index (Phi) is 3.41. The second-order valence-electron chi connectivity index (χ2n) is 3.65. The van der Waals surface area contributed by atoms with E-state index in [1.807, 2.05) is 13.8 Å². The van der Waals surface area contributed by atoms with Gasteiger partial charge in [0.05, 0.1) is 13.0 Å². The molecule has 4 heteroatoms. The molecule has 0 aromatic carbocycles. The molecular formula is C10H15NO3. The van der Waals surface area contributed by atoms with Gasteiger partial charge in [0.1, 0.15) is 0 Å². The molecule has 0 saturated carbocycles. The van der Waals surface area contributed by atoms with E-state index in [1.165, 1.54) is 0 Å². The fraction of sp³-hybridized carbons (Fsp3) is 0.600. The van der Waals surface area contributed by atoms with Crippen LogP contribution in [0.2, 0.25) is 0 Å². The van der Waals surface area contributed by atoms with Crippen molar-refractivity contribution in [1.82, 2.24) is 5.32 Å². The van der Waals surface area contributed by atoms with E-state index in [1.54, 1.807) is 7.11 Å². The van der Waals surface area contributed by atoms with Gasteiger partial charge in [-0.25, -0.2) is 0 Å². The van der Waals surface area contributed by atoms with Crippen molar-refractivity contribution in [3.8, 4) is 0 Å². The van der Waals surface area contributed by atoms with Crippen LogP contribution >= 0.6 is 0 Å². The van der Waals surface area contributed by atoms with Gasteiger partial charge >= 0.3 is 0 Å². The Labute approximate surface area is 83.3 Å². The maximum Gasteiger partial charge on any atom is 0.254 e. The summed E-state index contributed by atoms with van der Waals surface area (Å²) in [4.78, 5) is 22.3. The highest BCUT2D eigenvalue weighted by Gasteiger charge is 2.27. The number of rotatable bonds is 3. The molecule has 0 aromatic rings. The molecule has 0 aromatic heterocycles. The average molecular weight is 197 g/mol. The molecule has 1 N–H and O–H groups in total. The zero-order valence-corrected chi connectivity index (χ0v) is 8.72. The molecule has 1 aliphatic rings. The summed E-state index contributed by atoms with van der Waals surface area (Å²) in [6, 6.07) is 0. The van der Waals surface area contributed by atoms with Crippen molar-refractivity contribution >= 4 is 11.8 Å². The molecule has 1 heterocycles. The zero-order chi connectivity index (χ0) is 10.7. The van der Waals surface area contributed by atoms with Crippen LogP contribution < -0.4 is 5.32 Å². The van der Waals surface area contributed by atoms with Crippen LogP contribution in [0.4, 0.5) is 0 Å². The number of amides is 2. The van der Waals surface area contributed by atoms with Gasteiger partial charge in [0, 0.05) is 12.7 Å². The van der Waals surface area contributed by atoms with Crippen LogP contribution in [0.3, 0.4) is 0 Å². The van der Waals surface area contributed by atoms with Gasteiger partial charge in [0.15, 0.2) is 0 Å². The molecule has 0 atom stereocenters. The SMILES string of the molecule is COCC(=C1CC(=O)NC1=O)C(C)C. The molecule has 78 valence electrons. The summed E-state index contributed by atoms with van der Waals surface area (Å²) in [6.45, 7) is 4.38. The maximum absolute atomic E-state index is 11.4. The molecule has 1 rings (SSSR count). The fourth-order valence-electron chi connectivity index (χ4n) is 1.50. The van der Waals surface area contributed by atoms with Crippen LogP contribution in [0.5, 0.6) is 0 Å². The number of methoxy groups -OCH3 is 1. The molecule has 0 bridgehead atoms. The Morgan fingerprint density at radius 3 is 2.50 bits per heavy atom. The first kappa shape index (κ1) is 10.9. The van der Waals surface area contributed by atoms with E-state index in [9.17, 15) is 9.59 Å². The van der Waals surface area contributed by atoms with Crippen molar-refractivity contribution < 1.29 is 14.3 Å². The standard InChI is InChI=1S/C10H15NO3/c1-6(2)8(5-14-3)7-4-9(12)11-10(7)13/h6H,4-5H2,1-3H3,(H,11,12,13). The lowest BCUT2D eigenvalue weighted by molar-refractivity contribution is -0.124. The number of imide groups is 1. The van der Waals surface area contributed by atoms with E-state index in [2.05, 4.69) is 5.32 Å². The maximum atomic E-state index is 11.4. The number of carbonyl (C=O) groups is 2. The minimum absolute atomic E-state index is 0.190. The van der Waals surface area contributed by atoms with Gasteiger partial charge in [0.25, 0.3) is 5.91 Å². The van der Waals surface area contributed by atoms with Crippen LogP contribution in [0.25, 0.3) is 0 Å². The topological polar surface area (TPSA) is 55.4 Å². The predicted molar refractivity (Wildman–Crippen MR) is 51.5 cm³/mol. The molecule has 1 saturated heterocycles. The molecule has 4 nitrogen and oxygen atoms in total. The van der Waals surface area contributed by atoms with Crippen molar-refractivity contribution in [1.29, 1.82) is 0 Å². The summed E-state index contributed by atoms with van der Waals surface area (Å²) < 4.78 is 5.01. The van der Waals surface area contributed by atoms with Crippen LogP contribution in [0.15, 0.2) is 11.1 Å². The zero-order valence-electron chi connectivity index (χ0n) is 8.72. The number of ether oxygens (including phenoxy) is 1. The molecule has 2 amide bonds. The quantitative estimate of drug-likeness (QED) is 0.533. The van der Waals surface area contributed by atoms with Crippen molar-refractivity contribution in [2.45, 2.75) is 20.3 Å². The van der Waals surface area contributed by atoms with Crippen molar-refractivity contribution in [2.75, 3.05) is 13.7 Å². The van der Waals surface area contributed by atoms with Gasteiger partial charge in [-0.1, -0.05) is 13.8 Å². The summed E-state index contributed by atoms with van der Waals surface area (Å²) in [7, 11) is 1.58. The van der Waals surface area contributed by atoms with E-state index < -0.39 is 0 Å². The van der Waals surface area contributed by atoms with Crippen LogP contribution in [-0.2, 0) is 14.3 Å². The number of hydrogen-bond acceptors (Lipinski definition) is 3. The predicted octanol–water partition coefficient (Wildman–Crippen LogP) is 0.632. The Morgan fingerprint density at radius 2 is 2.14 bits per heavy atom. The summed E-state index contributed by atoms with van der Waals surface area (Å²) in [5.74, 6) is -0.267. The molecule has 0 radical (unpaired) electrons. The van der Waals surface area contributed by atoms with E-state index in [0.29, 0.717) is 12.2 Å². The van der Waals surface area contributed by atoms with E-state index in [0.717, 1.165) is 5.57 Å². The van der Waals surface area contributed by atoms with Crippen molar-refractivity contribution in [3.63, 3.8) is 0 Å². The second-order valence-corrected chi connectivity index (χ2v) is 3.65. The third-order valence-electron chi connectivity index (χ3n) is 2.25. The van der Waals surface area contributed by atoms with Gasteiger partial charge in [-0.15, -0.1) is 0 Å². The minimum Gasteiger partial charge on any atom is -0.380 e. The Hall–Kier alpha value is -1.16. The molecule has 14 heavy (non-hydrogen) atoms. The number of hydrogen-bond donors (Lipinski definition) is 1. The first-order valence-corrected chi connectivity index (χ1v) is 4.61. The third kappa shape index (κ3) is 2.20. The summed E-state index contributed by atoms with van der Waals surface area (Å²) in [6.07, 6.45) is 0.190. The third-order valence-corrected chi connectivity index (χ3v) is 2.25. The van der Waals surface area contributed by atoms with Gasteiger partial charge < -0.3 is 4.74 Å². The van der Waals surface area contributed by atoms with Crippen LogP contribution in [-0.4, -0.2) is 25.5 Å². The first-order valence-electron chi connectivity index (χ1n) is 4.61. The molecule has 0 aliphatic carbocycles. The average Bonchev–Trinajstić information content (AvgIpc) is 2.40. The lowest BCUT2D eigenvalue weighted by Crippen LogP contribution is -2.20. The lowest BCUT2D eigenvalue weighted by Gasteiger charge is -2.12. The first-order chi connectivity index (χ1) is 6.56. The molecule has 1 fully saturated rings. The van der Waals surface area contributed by atoms with Gasteiger partial charge in [-0.3, -0.25) is 14.9 Å². The monoisotopic (exact) mass is 197 g/mol. The van der Waals surface area contributed by atoms with E-state index in [-0.39, 0.29) is 24.2 Å². The molecular weight excluding hydrogens is 182 g/mol.